The zero-order valence-electron chi connectivity index (χ0n) is 41.6. The van der Waals surface area contributed by atoms with Crippen molar-refractivity contribution in [1.82, 2.24) is 21.3 Å². The average molecular weight is 939 g/mol. The van der Waals surface area contributed by atoms with Gasteiger partial charge in [-0.15, -0.1) is 6.58 Å². The van der Waals surface area contributed by atoms with Crippen LogP contribution in [0.1, 0.15) is 88.6 Å². The molecule has 0 bridgehead atoms. The van der Waals surface area contributed by atoms with E-state index >= 15 is 0 Å². The first-order chi connectivity index (χ1) is 31.9. The summed E-state index contributed by atoms with van der Waals surface area (Å²) in [4.78, 5) is 52.9. The van der Waals surface area contributed by atoms with Crippen LogP contribution in [-0.4, -0.2) is 114 Å². The first-order valence-corrected chi connectivity index (χ1v) is 21.8. The van der Waals surface area contributed by atoms with Crippen molar-refractivity contribution in [3.05, 3.63) is 146 Å². The van der Waals surface area contributed by atoms with Gasteiger partial charge < -0.3 is 41.0 Å². The topological polar surface area (TPSA) is 225 Å². The average Bonchev–Trinajstić information content (AvgIpc) is 4.09. The Kier molecular flexibility index (Phi) is 28.7. The van der Waals surface area contributed by atoms with Gasteiger partial charge in [0.25, 0.3) is 0 Å². The Morgan fingerprint density at radius 1 is 0.662 bits per heavy atom. The second-order valence-electron chi connectivity index (χ2n) is 16.5. The third-order valence-electron chi connectivity index (χ3n) is 8.60. The highest BCUT2D eigenvalue weighted by molar-refractivity contribution is 6.02. The Bertz CT molecular complexity index is 2060. The lowest BCUT2D eigenvalue weighted by Gasteiger charge is -2.23. The van der Waals surface area contributed by atoms with E-state index in [1.54, 1.807) is 54.6 Å². The van der Waals surface area contributed by atoms with E-state index < -0.39 is 22.3 Å². The molecule has 3 aromatic rings. The van der Waals surface area contributed by atoms with Crippen LogP contribution in [0.15, 0.2) is 150 Å². The predicted molar refractivity (Wildman–Crippen MR) is 274 cm³/mol. The summed E-state index contributed by atoms with van der Waals surface area (Å²) in [6.07, 6.45) is 5.83. The Labute approximate surface area is 403 Å². The number of ether oxygens (including phenoxy) is 2. The van der Waals surface area contributed by atoms with Crippen LogP contribution in [-0.2, 0) is 14.3 Å². The number of rotatable bonds is 16. The molecule has 0 atom stereocenters. The molecule has 2 amide bonds. The van der Waals surface area contributed by atoms with E-state index in [0.29, 0.717) is 16.9 Å². The maximum absolute atomic E-state index is 11.7. The number of aliphatic imine (C=N–C) groups is 2. The predicted octanol–water partition coefficient (Wildman–Crippen LogP) is 7.33. The maximum atomic E-state index is 11.7. The molecule has 2 heterocycles. The number of carbonyl (C=O) groups is 4. The van der Waals surface area contributed by atoms with E-state index in [2.05, 4.69) is 67.8 Å². The Hall–Kier alpha value is -6.88. The highest BCUT2D eigenvalue weighted by atomic mass is 16.7. The number of nitrogens with one attached hydrogen (secondary N) is 4. The number of Topliss-reactive ketones (excluding diaryl/α,β-unsaturated/α-hetero) is 2. The maximum Gasteiger partial charge on any atom is 0.244 e. The number of allylic oxidation sites excluding steroid dienone is 1. The number of carbonyl (C=O) groups excluding carboxylic acids is 4. The van der Waals surface area contributed by atoms with Gasteiger partial charge in [0.05, 0.1) is 19.8 Å². The minimum atomic E-state index is -1.35. The molecule has 0 spiro atoms. The first kappa shape index (κ1) is 61.1. The number of amidine groups is 2. The molecule has 2 aliphatic rings. The molecule has 370 valence electrons. The second kappa shape index (κ2) is 31.9. The van der Waals surface area contributed by atoms with E-state index in [4.69, 9.17) is 9.47 Å². The summed E-state index contributed by atoms with van der Waals surface area (Å²) in [6.45, 7) is 33.0. The zero-order chi connectivity index (χ0) is 51.8. The molecule has 3 aromatic carbocycles. The number of amides is 2. The molecule has 0 aliphatic carbocycles. The molecular formula is C52H74N8O8. The summed E-state index contributed by atoms with van der Waals surface area (Å²) in [7, 11) is 1.53. The Morgan fingerprint density at radius 3 is 1.35 bits per heavy atom. The largest absolute Gasteiger partial charge is 0.468 e. The molecule has 0 radical (unpaired) electrons. The molecule has 16 nitrogen and oxygen atoms in total. The summed E-state index contributed by atoms with van der Waals surface area (Å²) in [5.41, 5.74) is -1.24. The van der Waals surface area contributed by atoms with Crippen LogP contribution < -0.4 is 26.0 Å². The number of hydrogen-bond acceptors (Lipinski definition) is 14. The monoisotopic (exact) mass is 939 g/mol. The van der Waals surface area contributed by atoms with Crippen molar-refractivity contribution in [1.29, 1.82) is 0 Å². The smallest absolute Gasteiger partial charge is 0.244 e. The van der Waals surface area contributed by atoms with Gasteiger partial charge in [0.2, 0.25) is 11.8 Å². The molecular weight excluding hydrogens is 865 g/mol. The molecule has 0 aromatic heterocycles. The van der Waals surface area contributed by atoms with Crippen molar-refractivity contribution in [2.24, 2.45) is 20.2 Å². The molecule has 6 N–H and O–H groups in total. The molecule has 5 rings (SSSR count). The van der Waals surface area contributed by atoms with Gasteiger partial charge in [0, 0.05) is 31.3 Å². The van der Waals surface area contributed by atoms with E-state index in [1.807, 2.05) is 77.1 Å². The van der Waals surface area contributed by atoms with E-state index in [0.717, 1.165) is 50.0 Å². The summed E-state index contributed by atoms with van der Waals surface area (Å²) in [5.74, 6) is 1.25. The third kappa shape index (κ3) is 25.7. The Balaban J connectivity index is 0.000000832. The molecule has 0 saturated carbocycles. The lowest BCUT2D eigenvalue weighted by Crippen LogP contribution is -2.41. The van der Waals surface area contributed by atoms with Crippen molar-refractivity contribution in [3.8, 4) is 5.75 Å². The van der Waals surface area contributed by atoms with Crippen LogP contribution in [0.3, 0.4) is 0 Å². The van der Waals surface area contributed by atoms with Crippen molar-refractivity contribution in [2.75, 3.05) is 46.8 Å². The number of methoxy groups -OCH3 is 1. The van der Waals surface area contributed by atoms with Crippen molar-refractivity contribution in [2.45, 2.75) is 84.6 Å². The Morgan fingerprint density at radius 2 is 1.04 bits per heavy atom. The third-order valence-corrected chi connectivity index (χ3v) is 8.60. The number of aliphatic hydroxyl groups is 2. The van der Waals surface area contributed by atoms with Crippen LogP contribution in [0.4, 0.5) is 0 Å². The van der Waals surface area contributed by atoms with Crippen LogP contribution in [0, 0.1) is 0 Å². The standard InChI is InChI=1S/C12H22N6.C12H16O4.C10H12O2.C8H8.C7H10N2O2.C3H6/c1-11(2,9-13-5-6-14-9)17-18-12(3,4)10-15-7-8-16-10;1-12(2,14)11(13)9-4-6-10(7-5-9)16-8-15-3;1-10(2,12)9(11)8-6-4-3-5-7-8;1-2-8-6-4-3-5-7-8;1-3-6(10)8-5-9-7(11)4-2;1-3-2/h5-8H2,1-4H3,(H,13,14)(H,15,16);4-7,14H,8H2,1-3H3;3-7,12H,1-2H3;2-7H,1H2;3-4H,1-2,5H2,(H,8,10)(H,9,11);3H,1H2,2H3. The lowest BCUT2D eigenvalue weighted by molar-refractivity contribution is -0.118. The van der Waals surface area contributed by atoms with Crippen molar-refractivity contribution >= 4 is 41.1 Å². The number of benzene rings is 3. The van der Waals surface area contributed by atoms with Gasteiger partial charge in [0.15, 0.2) is 18.4 Å². The minimum absolute atomic E-state index is 0.0930. The van der Waals surface area contributed by atoms with Gasteiger partial charge in [0.1, 0.15) is 39.7 Å². The number of nitrogens with zero attached hydrogens (tertiary/aromatic N) is 4. The minimum Gasteiger partial charge on any atom is -0.468 e. The van der Waals surface area contributed by atoms with E-state index in [9.17, 15) is 29.4 Å². The molecule has 68 heavy (non-hydrogen) atoms. The van der Waals surface area contributed by atoms with Crippen LogP contribution in [0.25, 0.3) is 6.08 Å². The number of hydrogen-bond donors (Lipinski definition) is 6. The van der Waals surface area contributed by atoms with Gasteiger partial charge in [-0.25, -0.2) is 0 Å². The fourth-order valence-electron chi connectivity index (χ4n) is 5.04. The quantitative estimate of drug-likeness (QED) is 0.0276. The normalized spacial score (nSPS) is 12.6. The molecule has 16 heteroatoms. The van der Waals surface area contributed by atoms with E-state index in [1.165, 1.54) is 40.4 Å². The van der Waals surface area contributed by atoms with Crippen LogP contribution in [0.2, 0.25) is 0 Å². The SMILES string of the molecule is C=CC.C=CC(=O)NCNC(=O)C=C.C=Cc1ccccc1.CC(C)(N=NC(C)(C)C1=NCCN1)C1=NCCN1.CC(C)(O)C(=O)c1ccccc1.COCOc1ccc(C(=O)C(C)(C)O)cc1. The lowest BCUT2D eigenvalue weighted by atomic mass is 9.97. The molecule has 0 saturated heterocycles. The highest BCUT2D eigenvalue weighted by Crippen LogP contribution is 2.20. The fourth-order valence-corrected chi connectivity index (χ4v) is 5.04. The summed E-state index contributed by atoms with van der Waals surface area (Å²) >= 11 is 0. The highest BCUT2D eigenvalue weighted by Gasteiger charge is 2.31. The molecule has 2 aliphatic heterocycles. The summed E-state index contributed by atoms with van der Waals surface area (Å²) < 4.78 is 9.93. The second-order valence-corrected chi connectivity index (χ2v) is 16.5. The number of azo groups is 1. The van der Waals surface area contributed by atoms with Crippen LogP contribution in [0.5, 0.6) is 5.75 Å². The first-order valence-electron chi connectivity index (χ1n) is 21.8. The van der Waals surface area contributed by atoms with Gasteiger partial charge in [-0.05, 0) is 104 Å². The molecule has 0 unspecified atom stereocenters. The van der Waals surface area contributed by atoms with Gasteiger partial charge in [-0.2, -0.15) is 10.2 Å². The van der Waals surface area contributed by atoms with Gasteiger partial charge in [-0.1, -0.05) is 92.6 Å². The molecule has 0 fully saturated rings. The van der Waals surface area contributed by atoms with E-state index in [-0.39, 0.29) is 36.8 Å². The van der Waals surface area contributed by atoms with Crippen LogP contribution >= 0.6 is 0 Å². The summed E-state index contributed by atoms with van der Waals surface area (Å²) in [5, 5.41) is 39.1. The summed E-state index contributed by atoms with van der Waals surface area (Å²) in [6, 6.07) is 25.4. The van der Waals surface area contributed by atoms with Gasteiger partial charge in [-0.3, -0.25) is 29.2 Å². The number of ketones is 2. The fraction of sp³-hybridized carbons (Fsp3) is 0.385. The zero-order valence-corrected chi connectivity index (χ0v) is 41.6. The van der Waals surface area contributed by atoms with Gasteiger partial charge >= 0.3 is 0 Å². The van der Waals surface area contributed by atoms with Crippen molar-refractivity contribution in [3.63, 3.8) is 0 Å². The van der Waals surface area contributed by atoms with Crippen molar-refractivity contribution < 1.29 is 38.9 Å².